The van der Waals surface area contributed by atoms with Crippen LogP contribution in [0.5, 0.6) is 23.0 Å². The molecular formula is C45H31Cl2F5N2O8. The molecule has 4 aromatic carbocycles. The molecular weight excluding hydrogens is 862 g/mol. The second kappa shape index (κ2) is 14.7. The Morgan fingerprint density at radius 3 is 2.16 bits per heavy atom. The molecule has 2 saturated heterocycles. The summed E-state index contributed by atoms with van der Waals surface area (Å²) in [7, 11) is 3.08. The first-order valence-corrected chi connectivity index (χ1v) is 19.8. The standard InChI is InChI=1S/C45H31Cl2F5N2O8/c1-60-26-10-14-30(61-2)21(17-26)6-3-20-4-7-24(8-5-20)53-40(56)28-12-11-27-29(32(28)41(53)57)18-44(46)42(58)54(39-37(51)35(49)34(48)36(50)38(39)52)43(59)45(44,47)33(27)23-15-22-16-25(55)9-13-31(22)62-19-23/h3-11,13-14,16-17,19,28-29,32-33,55H,12,15,18H2,1-2H3. The maximum atomic E-state index is 15.4. The Morgan fingerprint density at radius 2 is 1.48 bits per heavy atom. The summed E-state index contributed by atoms with van der Waals surface area (Å²) in [6.07, 6.45) is 5.63. The van der Waals surface area contributed by atoms with Crippen LogP contribution in [-0.4, -0.2) is 52.7 Å². The zero-order chi connectivity index (χ0) is 44.2. The number of carbonyl (C=O) groups is 4. The van der Waals surface area contributed by atoms with Crippen molar-refractivity contribution >= 4 is 70.4 Å². The fraction of sp³-hybridized carbons (Fsp3) is 0.244. The average molecular weight is 894 g/mol. The van der Waals surface area contributed by atoms with E-state index in [4.69, 9.17) is 37.4 Å². The predicted octanol–water partition coefficient (Wildman–Crippen LogP) is 8.39. The smallest absolute Gasteiger partial charge is 0.258 e. The Kier molecular flexibility index (Phi) is 9.78. The van der Waals surface area contributed by atoms with Crippen LogP contribution < -0.4 is 24.0 Å². The molecule has 9 rings (SSSR count). The molecule has 0 aromatic heterocycles. The Hall–Kier alpha value is -6.19. The first kappa shape index (κ1) is 41.2. The van der Waals surface area contributed by atoms with Crippen LogP contribution in [0.25, 0.3) is 12.2 Å². The number of halogens is 7. The number of anilines is 2. The van der Waals surface area contributed by atoms with Gasteiger partial charge in [-0.3, -0.25) is 24.1 Å². The number of nitrogens with zero attached hydrogens (tertiary/aromatic N) is 2. The van der Waals surface area contributed by atoms with Gasteiger partial charge in [-0.25, -0.2) is 26.9 Å². The largest absolute Gasteiger partial charge is 0.508 e. The summed E-state index contributed by atoms with van der Waals surface area (Å²) in [6.45, 7) is 0. The van der Waals surface area contributed by atoms with E-state index >= 15 is 8.78 Å². The van der Waals surface area contributed by atoms with Crippen molar-refractivity contribution in [2.24, 2.45) is 23.7 Å². The van der Waals surface area contributed by atoms with E-state index in [-0.39, 0.29) is 40.3 Å². The van der Waals surface area contributed by atoms with Crippen molar-refractivity contribution in [3.63, 3.8) is 0 Å². The van der Waals surface area contributed by atoms with Gasteiger partial charge in [0, 0.05) is 23.5 Å². The maximum absolute atomic E-state index is 15.4. The van der Waals surface area contributed by atoms with E-state index in [1.54, 1.807) is 67.8 Å². The highest BCUT2D eigenvalue weighted by Crippen LogP contribution is 2.65. The van der Waals surface area contributed by atoms with E-state index in [1.807, 2.05) is 0 Å². The van der Waals surface area contributed by atoms with Crippen LogP contribution in [0.4, 0.5) is 33.3 Å². The molecule has 318 valence electrons. The molecule has 5 aliphatic rings. The number of rotatable bonds is 7. The highest BCUT2D eigenvalue weighted by atomic mass is 35.5. The zero-order valence-electron chi connectivity index (χ0n) is 32.4. The van der Waals surface area contributed by atoms with Crippen LogP contribution in [0.1, 0.15) is 29.5 Å². The number of benzene rings is 4. The number of allylic oxidation sites excluding steroid dienone is 3. The quantitative estimate of drug-likeness (QED) is 0.0374. The molecule has 3 aliphatic heterocycles. The van der Waals surface area contributed by atoms with Crippen molar-refractivity contribution in [2.45, 2.75) is 29.0 Å². The van der Waals surface area contributed by atoms with Crippen LogP contribution in [0.3, 0.4) is 0 Å². The lowest BCUT2D eigenvalue weighted by atomic mass is 9.56. The zero-order valence-corrected chi connectivity index (χ0v) is 33.9. The third-order valence-electron chi connectivity index (χ3n) is 12.4. The van der Waals surface area contributed by atoms with Gasteiger partial charge in [-0.05, 0) is 78.4 Å². The molecule has 1 saturated carbocycles. The van der Waals surface area contributed by atoms with Gasteiger partial charge < -0.3 is 19.3 Å². The van der Waals surface area contributed by atoms with Crippen LogP contribution in [0.15, 0.2) is 84.1 Å². The van der Waals surface area contributed by atoms with Gasteiger partial charge in [0.1, 0.15) is 28.7 Å². The van der Waals surface area contributed by atoms with Crippen molar-refractivity contribution in [1.82, 2.24) is 0 Å². The molecule has 17 heteroatoms. The Bertz CT molecular complexity index is 2730. The van der Waals surface area contributed by atoms with E-state index in [0.717, 1.165) is 10.5 Å². The molecule has 0 spiro atoms. The number of hydrogen-bond acceptors (Lipinski definition) is 8. The van der Waals surface area contributed by atoms with Gasteiger partial charge >= 0.3 is 0 Å². The number of phenols is 1. The molecule has 0 bridgehead atoms. The summed E-state index contributed by atoms with van der Waals surface area (Å²) in [5.41, 5.74) is 0.630. The molecule has 2 aliphatic carbocycles. The van der Waals surface area contributed by atoms with Crippen LogP contribution >= 0.6 is 23.2 Å². The molecule has 0 radical (unpaired) electrons. The van der Waals surface area contributed by atoms with Gasteiger partial charge in [0.25, 0.3) is 11.8 Å². The molecule has 6 atom stereocenters. The van der Waals surface area contributed by atoms with Gasteiger partial charge in [0.2, 0.25) is 17.6 Å². The minimum atomic E-state index is -2.71. The maximum Gasteiger partial charge on any atom is 0.258 e. The van der Waals surface area contributed by atoms with Crippen molar-refractivity contribution < 1.29 is 60.4 Å². The fourth-order valence-electron chi connectivity index (χ4n) is 9.52. The van der Waals surface area contributed by atoms with Gasteiger partial charge in [-0.1, -0.05) is 35.9 Å². The lowest BCUT2D eigenvalue weighted by Crippen LogP contribution is -2.61. The number of imide groups is 2. The molecule has 4 aromatic rings. The normalized spacial score (nSPS) is 26.5. The summed E-state index contributed by atoms with van der Waals surface area (Å²) in [5, 5.41) is 10.3. The number of ether oxygens (including phenoxy) is 3. The number of aromatic hydroxyl groups is 1. The number of amides is 4. The highest BCUT2D eigenvalue weighted by molar-refractivity contribution is 6.58. The number of alkyl halides is 2. The Labute approximate surface area is 359 Å². The van der Waals surface area contributed by atoms with Crippen molar-refractivity contribution in [1.29, 1.82) is 0 Å². The third-order valence-corrected chi connectivity index (χ3v) is 13.8. The molecule has 1 N–H and O–H groups in total. The highest BCUT2D eigenvalue weighted by Gasteiger charge is 2.77. The summed E-state index contributed by atoms with van der Waals surface area (Å²) in [4.78, 5) is 53.4. The van der Waals surface area contributed by atoms with Crippen molar-refractivity contribution in [2.75, 3.05) is 24.0 Å². The second-order valence-electron chi connectivity index (χ2n) is 15.5. The van der Waals surface area contributed by atoms with Gasteiger partial charge in [0.15, 0.2) is 33.0 Å². The van der Waals surface area contributed by atoms with E-state index in [9.17, 15) is 37.5 Å². The monoisotopic (exact) mass is 892 g/mol. The summed E-state index contributed by atoms with van der Waals surface area (Å²) in [5.74, 6) is -20.2. The number of fused-ring (bicyclic) bond motifs is 5. The number of carbonyl (C=O) groups excluding carboxylic acids is 4. The fourth-order valence-corrected chi connectivity index (χ4v) is 10.5. The summed E-state index contributed by atoms with van der Waals surface area (Å²) < 4.78 is 91.0. The van der Waals surface area contributed by atoms with Crippen molar-refractivity contribution in [3.8, 4) is 23.0 Å². The molecule has 10 nitrogen and oxygen atoms in total. The second-order valence-corrected chi connectivity index (χ2v) is 16.8. The van der Waals surface area contributed by atoms with Crippen LogP contribution in [0.2, 0.25) is 0 Å². The average Bonchev–Trinajstić information content (AvgIpc) is 3.61. The third kappa shape index (κ3) is 5.80. The van der Waals surface area contributed by atoms with E-state index in [0.29, 0.717) is 28.4 Å². The van der Waals surface area contributed by atoms with Gasteiger partial charge in [0.05, 0.1) is 38.0 Å². The van der Waals surface area contributed by atoms with Crippen LogP contribution in [0, 0.1) is 52.8 Å². The minimum absolute atomic E-state index is 0.0471. The first-order valence-electron chi connectivity index (χ1n) is 19.1. The number of hydrogen-bond donors (Lipinski definition) is 1. The minimum Gasteiger partial charge on any atom is -0.508 e. The Balaban J connectivity index is 1.11. The van der Waals surface area contributed by atoms with Gasteiger partial charge in [-0.15, -0.1) is 23.2 Å². The van der Waals surface area contributed by atoms with E-state index in [1.165, 1.54) is 31.6 Å². The lowest BCUT2D eigenvalue weighted by Gasteiger charge is -2.51. The van der Waals surface area contributed by atoms with Crippen LogP contribution in [-0.2, 0) is 25.6 Å². The molecule has 3 heterocycles. The molecule has 3 fully saturated rings. The predicted molar refractivity (Wildman–Crippen MR) is 215 cm³/mol. The summed E-state index contributed by atoms with van der Waals surface area (Å²) >= 11 is 14.5. The van der Waals surface area contributed by atoms with Crippen molar-refractivity contribution in [3.05, 3.63) is 130 Å². The molecule has 6 unspecified atom stereocenters. The molecule has 62 heavy (non-hydrogen) atoms. The Morgan fingerprint density at radius 1 is 0.790 bits per heavy atom. The number of methoxy groups -OCH3 is 2. The van der Waals surface area contributed by atoms with E-state index in [2.05, 4.69) is 0 Å². The first-order chi connectivity index (χ1) is 29.5. The lowest BCUT2D eigenvalue weighted by molar-refractivity contribution is -0.125. The summed E-state index contributed by atoms with van der Waals surface area (Å²) in [6, 6.07) is 16.1. The SMILES string of the molecule is COc1ccc(OC)c(C=Cc2ccc(N3C(=O)C4CC=C5C(CC6(Cl)C(=O)N(c7c(F)c(F)c(F)c(F)c7F)C(=O)C6(Cl)C5C5=COc6ccc(O)cc6C5)C4C3=O)cc2)c1. The van der Waals surface area contributed by atoms with E-state index < -0.39 is 98.2 Å². The number of phenolic OH excluding ortho intramolecular Hbond substituents is 1. The topological polar surface area (TPSA) is 123 Å². The molecule has 4 amide bonds. The van der Waals surface area contributed by atoms with Gasteiger partial charge in [-0.2, -0.15) is 0 Å².